The van der Waals surface area contributed by atoms with E-state index in [0.717, 1.165) is 0 Å². The second-order valence-corrected chi connectivity index (χ2v) is 4.40. The Hall–Kier alpha value is -1.87. The molecule has 0 aliphatic rings. The van der Waals surface area contributed by atoms with Gasteiger partial charge in [-0.1, -0.05) is 6.07 Å². The predicted octanol–water partition coefficient (Wildman–Crippen LogP) is 3.25. The lowest BCUT2D eigenvalue weighted by Crippen LogP contribution is -2.27. The lowest BCUT2D eigenvalue weighted by molar-refractivity contribution is -0.0514. The third kappa shape index (κ3) is 4.67. The van der Waals surface area contributed by atoms with Gasteiger partial charge in [0.15, 0.2) is 11.5 Å². The van der Waals surface area contributed by atoms with Crippen LogP contribution in [-0.4, -0.2) is 19.3 Å². The second kappa shape index (κ2) is 7.65. The Morgan fingerprint density at radius 1 is 1.30 bits per heavy atom. The lowest BCUT2D eigenvalue weighted by atomic mass is 10.1. The second-order valence-electron chi connectivity index (χ2n) is 4.40. The van der Waals surface area contributed by atoms with E-state index in [9.17, 15) is 8.78 Å². The first-order chi connectivity index (χ1) is 9.47. The molecule has 0 spiro atoms. The first-order valence-electron chi connectivity index (χ1n) is 6.35. The number of ether oxygens (including phenoxy) is 2. The quantitative estimate of drug-likeness (QED) is 0.835. The zero-order valence-electron chi connectivity index (χ0n) is 11.7. The fourth-order valence-electron chi connectivity index (χ4n) is 1.71. The molecule has 110 valence electrons. The average molecular weight is 284 g/mol. The Bertz CT molecular complexity index is 473. The van der Waals surface area contributed by atoms with Gasteiger partial charge in [-0.15, -0.1) is 0 Å². The van der Waals surface area contributed by atoms with Gasteiger partial charge in [-0.05, 0) is 38.5 Å². The molecule has 0 aromatic heterocycles. The molecule has 1 atom stereocenters. The fraction of sp³-hybridized carbons (Fsp3) is 0.500. The molecule has 4 nitrogen and oxygen atoms in total. The minimum Gasteiger partial charge on any atom is -0.490 e. The van der Waals surface area contributed by atoms with Gasteiger partial charge in [0.05, 0.1) is 12.7 Å². The summed E-state index contributed by atoms with van der Waals surface area (Å²) in [6.07, 6.45) is 0. The highest BCUT2D eigenvalue weighted by atomic mass is 19.3. The Morgan fingerprint density at radius 3 is 2.50 bits per heavy atom. The Kier molecular flexibility index (Phi) is 6.19. The van der Waals surface area contributed by atoms with Crippen molar-refractivity contribution in [1.82, 2.24) is 5.32 Å². The summed E-state index contributed by atoms with van der Waals surface area (Å²) in [5.74, 6) is 0.169. The molecule has 0 aliphatic carbocycles. The zero-order valence-corrected chi connectivity index (χ0v) is 11.7. The summed E-state index contributed by atoms with van der Waals surface area (Å²) in [5, 5.41) is 12.2. The predicted molar refractivity (Wildman–Crippen MR) is 70.9 cm³/mol. The van der Waals surface area contributed by atoms with Crippen LogP contribution in [-0.2, 0) is 0 Å². The summed E-state index contributed by atoms with van der Waals surface area (Å²) in [6.45, 7) is 2.98. The number of hydrogen-bond acceptors (Lipinski definition) is 4. The number of hydrogen-bond donors (Lipinski definition) is 1. The van der Waals surface area contributed by atoms with Crippen LogP contribution in [0.1, 0.15) is 32.4 Å². The number of benzene rings is 1. The van der Waals surface area contributed by atoms with Crippen molar-refractivity contribution in [2.24, 2.45) is 0 Å². The largest absolute Gasteiger partial charge is 0.490 e. The van der Waals surface area contributed by atoms with Crippen LogP contribution in [0.5, 0.6) is 11.5 Å². The standard InChI is InChI=1S/C14H18F2N2O2/c1-4-19-13-7-10(11(8-17)18-9(2)3)5-6-12(13)20-14(15)16/h5-7,9,11,14,18H,4H2,1-3H3. The van der Waals surface area contributed by atoms with Gasteiger partial charge in [0, 0.05) is 6.04 Å². The minimum atomic E-state index is -2.92. The molecule has 0 saturated carbocycles. The van der Waals surface area contributed by atoms with Crippen molar-refractivity contribution in [2.45, 2.75) is 39.5 Å². The maximum absolute atomic E-state index is 12.3. The lowest BCUT2D eigenvalue weighted by Gasteiger charge is -2.17. The molecule has 0 saturated heterocycles. The number of alkyl halides is 2. The molecule has 0 heterocycles. The molecule has 20 heavy (non-hydrogen) atoms. The number of nitrogens with zero attached hydrogens (tertiary/aromatic N) is 1. The summed E-state index contributed by atoms with van der Waals surface area (Å²) in [6, 6.07) is 6.22. The maximum Gasteiger partial charge on any atom is 0.387 e. The van der Waals surface area contributed by atoms with Crippen molar-refractivity contribution in [2.75, 3.05) is 6.61 Å². The third-order valence-corrected chi connectivity index (χ3v) is 2.45. The highest BCUT2D eigenvalue weighted by Crippen LogP contribution is 2.31. The number of halogens is 2. The molecule has 1 aromatic rings. The minimum absolute atomic E-state index is 0.0353. The van der Waals surface area contributed by atoms with Crippen molar-refractivity contribution in [3.8, 4) is 17.6 Å². The molecule has 0 radical (unpaired) electrons. The van der Waals surface area contributed by atoms with Crippen LogP contribution in [0, 0.1) is 11.3 Å². The van der Waals surface area contributed by atoms with E-state index in [1.807, 2.05) is 13.8 Å². The summed E-state index contributed by atoms with van der Waals surface area (Å²) >= 11 is 0. The first-order valence-corrected chi connectivity index (χ1v) is 6.35. The molecule has 0 aliphatic heterocycles. The molecule has 1 aromatic carbocycles. The van der Waals surface area contributed by atoms with E-state index in [1.165, 1.54) is 6.07 Å². The highest BCUT2D eigenvalue weighted by Gasteiger charge is 2.16. The average Bonchev–Trinajstić information content (AvgIpc) is 2.37. The molecule has 1 rings (SSSR count). The first kappa shape index (κ1) is 16.2. The van der Waals surface area contributed by atoms with Gasteiger partial charge in [0.25, 0.3) is 0 Å². The summed E-state index contributed by atoms with van der Waals surface area (Å²) in [5.41, 5.74) is 0.645. The third-order valence-electron chi connectivity index (χ3n) is 2.45. The summed E-state index contributed by atoms with van der Waals surface area (Å²) in [7, 11) is 0. The molecule has 0 amide bonds. The van der Waals surface area contributed by atoms with Gasteiger partial charge in [-0.25, -0.2) is 0 Å². The summed E-state index contributed by atoms with van der Waals surface area (Å²) in [4.78, 5) is 0. The van der Waals surface area contributed by atoms with Crippen LogP contribution in [0.3, 0.4) is 0 Å². The van der Waals surface area contributed by atoms with E-state index in [-0.39, 0.29) is 17.5 Å². The van der Waals surface area contributed by atoms with Crippen LogP contribution >= 0.6 is 0 Å². The number of rotatable bonds is 7. The van der Waals surface area contributed by atoms with Crippen LogP contribution in [0.15, 0.2) is 18.2 Å². The van der Waals surface area contributed by atoms with E-state index in [1.54, 1.807) is 19.1 Å². The number of nitriles is 1. The van der Waals surface area contributed by atoms with Crippen molar-refractivity contribution in [1.29, 1.82) is 5.26 Å². The van der Waals surface area contributed by atoms with Crippen molar-refractivity contribution < 1.29 is 18.3 Å². The SMILES string of the molecule is CCOc1cc(C(C#N)NC(C)C)ccc1OC(F)F. The van der Waals surface area contributed by atoms with E-state index in [4.69, 9.17) is 10.00 Å². The Labute approximate surface area is 117 Å². The van der Waals surface area contributed by atoms with Crippen molar-refractivity contribution in [3.63, 3.8) is 0 Å². The van der Waals surface area contributed by atoms with Crippen molar-refractivity contribution in [3.05, 3.63) is 23.8 Å². The van der Waals surface area contributed by atoms with Gasteiger partial charge in [0.1, 0.15) is 6.04 Å². The zero-order chi connectivity index (χ0) is 15.1. The van der Waals surface area contributed by atoms with Gasteiger partial charge in [-0.3, -0.25) is 5.32 Å². The van der Waals surface area contributed by atoms with Gasteiger partial charge < -0.3 is 9.47 Å². The Balaban J connectivity index is 3.05. The normalized spacial score (nSPS) is 12.3. The highest BCUT2D eigenvalue weighted by molar-refractivity contribution is 5.45. The van der Waals surface area contributed by atoms with E-state index >= 15 is 0 Å². The number of nitrogens with one attached hydrogen (secondary N) is 1. The fourth-order valence-corrected chi connectivity index (χ4v) is 1.71. The smallest absolute Gasteiger partial charge is 0.387 e. The molecular weight excluding hydrogens is 266 g/mol. The Morgan fingerprint density at radius 2 is 2.00 bits per heavy atom. The molecule has 0 bridgehead atoms. The molecule has 6 heteroatoms. The van der Waals surface area contributed by atoms with Crippen LogP contribution in [0.4, 0.5) is 8.78 Å². The van der Waals surface area contributed by atoms with Gasteiger partial charge in [0.2, 0.25) is 0 Å². The molecule has 0 fully saturated rings. The van der Waals surface area contributed by atoms with Gasteiger partial charge in [-0.2, -0.15) is 14.0 Å². The maximum atomic E-state index is 12.3. The van der Waals surface area contributed by atoms with E-state index < -0.39 is 12.7 Å². The van der Waals surface area contributed by atoms with Gasteiger partial charge >= 0.3 is 6.61 Å². The monoisotopic (exact) mass is 284 g/mol. The van der Waals surface area contributed by atoms with Crippen LogP contribution in [0.2, 0.25) is 0 Å². The molecular formula is C14H18F2N2O2. The topological polar surface area (TPSA) is 54.3 Å². The van der Waals surface area contributed by atoms with E-state index in [2.05, 4.69) is 16.1 Å². The molecule has 1 unspecified atom stereocenters. The molecule has 1 N–H and O–H groups in total. The van der Waals surface area contributed by atoms with E-state index in [0.29, 0.717) is 12.2 Å². The van der Waals surface area contributed by atoms with Crippen molar-refractivity contribution >= 4 is 0 Å². The van der Waals surface area contributed by atoms with Crippen LogP contribution < -0.4 is 14.8 Å². The summed E-state index contributed by atoms with van der Waals surface area (Å²) < 4.78 is 34.3. The van der Waals surface area contributed by atoms with Crippen LogP contribution in [0.25, 0.3) is 0 Å².